The molecule has 3 aromatic rings. The number of thiazole rings is 1. The Bertz CT molecular complexity index is 964. The first-order valence-corrected chi connectivity index (χ1v) is 8.78. The zero-order chi connectivity index (χ0) is 18.1. The Labute approximate surface area is 149 Å². The minimum Gasteiger partial charge on any atom is -0.349 e. The van der Waals surface area contributed by atoms with Gasteiger partial charge in [-0.2, -0.15) is 4.68 Å². The van der Waals surface area contributed by atoms with Crippen molar-refractivity contribution in [1.29, 1.82) is 0 Å². The molecule has 130 valence electrons. The highest BCUT2D eigenvalue weighted by Crippen LogP contribution is 2.23. The van der Waals surface area contributed by atoms with E-state index < -0.39 is 0 Å². The number of carbonyl (C=O) groups excluding carboxylic acids is 1. The third kappa shape index (κ3) is 3.41. The minimum atomic E-state index is -0.225. The average Bonchev–Trinajstić information content (AvgIpc) is 3.15. The topological polar surface area (TPSA) is 71.0 Å². The number of hydrogen-bond donors (Lipinski definition) is 1. The number of aryl methyl sites for hydroxylation is 2. The van der Waals surface area contributed by atoms with Crippen LogP contribution in [0.15, 0.2) is 34.4 Å². The van der Waals surface area contributed by atoms with Crippen LogP contribution in [0.25, 0.3) is 16.4 Å². The molecule has 0 atom stereocenters. The van der Waals surface area contributed by atoms with Crippen molar-refractivity contribution >= 4 is 17.2 Å². The predicted molar refractivity (Wildman–Crippen MR) is 99.4 cm³/mol. The first-order chi connectivity index (χ1) is 11.9. The summed E-state index contributed by atoms with van der Waals surface area (Å²) in [6.07, 6.45) is 0.0807. The van der Waals surface area contributed by atoms with Crippen molar-refractivity contribution in [3.63, 3.8) is 0 Å². The molecule has 1 amide bonds. The van der Waals surface area contributed by atoms with Crippen LogP contribution in [0.4, 0.5) is 0 Å². The van der Waals surface area contributed by atoms with Crippen molar-refractivity contribution in [2.75, 3.05) is 14.1 Å². The average molecular weight is 356 g/mol. The summed E-state index contributed by atoms with van der Waals surface area (Å²) in [4.78, 5) is 30.6. The number of rotatable bonds is 4. The molecule has 0 aliphatic rings. The van der Waals surface area contributed by atoms with Gasteiger partial charge in [-0.25, -0.2) is 4.98 Å². The van der Waals surface area contributed by atoms with Crippen LogP contribution in [0.5, 0.6) is 0 Å². The van der Waals surface area contributed by atoms with Gasteiger partial charge in [0.25, 0.3) is 5.56 Å². The molecule has 1 aromatic carbocycles. The van der Waals surface area contributed by atoms with Crippen molar-refractivity contribution in [3.05, 3.63) is 56.8 Å². The van der Waals surface area contributed by atoms with Gasteiger partial charge in [-0.05, 0) is 13.8 Å². The van der Waals surface area contributed by atoms with Gasteiger partial charge < -0.3 is 4.90 Å². The highest BCUT2D eigenvalue weighted by atomic mass is 32.1. The quantitative estimate of drug-likeness (QED) is 0.781. The summed E-state index contributed by atoms with van der Waals surface area (Å²) < 4.78 is 1.41. The first-order valence-electron chi connectivity index (χ1n) is 7.90. The normalized spacial score (nSPS) is 10.9. The summed E-state index contributed by atoms with van der Waals surface area (Å²) in [6, 6.07) is 8.09. The number of amides is 1. The van der Waals surface area contributed by atoms with Gasteiger partial charge in [-0.3, -0.25) is 14.7 Å². The van der Waals surface area contributed by atoms with E-state index in [0.717, 1.165) is 11.3 Å². The van der Waals surface area contributed by atoms with Gasteiger partial charge in [0, 0.05) is 36.3 Å². The zero-order valence-electron chi connectivity index (χ0n) is 14.7. The van der Waals surface area contributed by atoms with Crippen LogP contribution in [0, 0.1) is 13.8 Å². The summed E-state index contributed by atoms with van der Waals surface area (Å²) in [6.45, 7) is 3.83. The van der Waals surface area contributed by atoms with Crippen LogP contribution in [0.2, 0.25) is 0 Å². The molecule has 0 aliphatic heterocycles. The SMILES string of the molecule is Cc1ccc(-c2csc(-n3[nH]c(C)c(CC(=O)N(C)C)c3=O)n2)cc1. The van der Waals surface area contributed by atoms with Gasteiger partial charge in [-0.1, -0.05) is 29.8 Å². The van der Waals surface area contributed by atoms with Crippen LogP contribution in [0.3, 0.4) is 0 Å². The van der Waals surface area contributed by atoms with Crippen LogP contribution in [-0.4, -0.2) is 39.7 Å². The lowest BCUT2D eigenvalue weighted by Crippen LogP contribution is -2.27. The van der Waals surface area contributed by atoms with E-state index in [-0.39, 0.29) is 17.9 Å². The molecule has 0 saturated carbocycles. The molecule has 3 rings (SSSR count). The summed E-state index contributed by atoms with van der Waals surface area (Å²) in [7, 11) is 3.36. The Morgan fingerprint density at radius 1 is 1.24 bits per heavy atom. The Hall–Kier alpha value is -2.67. The largest absolute Gasteiger partial charge is 0.349 e. The number of carbonyl (C=O) groups is 1. The van der Waals surface area contributed by atoms with E-state index >= 15 is 0 Å². The number of H-pyrrole nitrogens is 1. The van der Waals surface area contributed by atoms with Crippen molar-refractivity contribution < 1.29 is 4.79 Å². The van der Waals surface area contributed by atoms with Gasteiger partial charge in [0.15, 0.2) is 0 Å². The fraction of sp³-hybridized carbons (Fsp3) is 0.278. The summed E-state index contributed by atoms with van der Waals surface area (Å²) in [5, 5.41) is 5.51. The molecule has 0 aliphatic carbocycles. The summed E-state index contributed by atoms with van der Waals surface area (Å²) >= 11 is 1.39. The van der Waals surface area contributed by atoms with Gasteiger partial charge in [0.2, 0.25) is 11.0 Å². The number of nitrogens with one attached hydrogen (secondary N) is 1. The minimum absolute atomic E-state index is 0.0807. The third-order valence-corrected chi connectivity index (χ3v) is 4.88. The number of nitrogens with zero attached hydrogens (tertiary/aromatic N) is 3. The molecule has 2 aromatic heterocycles. The standard InChI is InChI=1S/C18H20N4O2S/c1-11-5-7-13(8-6-11)15-10-25-18(19-15)22-17(24)14(12(2)20-22)9-16(23)21(3)4/h5-8,10,20H,9H2,1-4H3. The first kappa shape index (κ1) is 17.2. The maximum atomic E-state index is 12.7. The maximum Gasteiger partial charge on any atom is 0.277 e. The zero-order valence-corrected chi connectivity index (χ0v) is 15.5. The number of likely N-dealkylation sites (N-methyl/N-ethyl adjacent to an activating group) is 1. The lowest BCUT2D eigenvalue weighted by molar-refractivity contribution is -0.127. The maximum absolute atomic E-state index is 12.7. The summed E-state index contributed by atoms with van der Waals surface area (Å²) in [5.41, 5.74) is 3.96. The number of benzene rings is 1. The van der Waals surface area contributed by atoms with E-state index in [1.165, 1.54) is 26.5 Å². The molecule has 0 saturated heterocycles. The van der Waals surface area contributed by atoms with Gasteiger partial charge >= 0.3 is 0 Å². The second kappa shape index (κ2) is 6.68. The number of aromatic nitrogens is 3. The van der Waals surface area contributed by atoms with E-state index in [0.29, 0.717) is 16.4 Å². The van der Waals surface area contributed by atoms with E-state index in [9.17, 15) is 9.59 Å². The monoisotopic (exact) mass is 356 g/mol. The molecular formula is C18H20N4O2S. The molecule has 7 heteroatoms. The molecule has 1 N–H and O–H groups in total. The highest BCUT2D eigenvalue weighted by molar-refractivity contribution is 7.12. The second-order valence-corrected chi connectivity index (χ2v) is 7.04. The van der Waals surface area contributed by atoms with Gasteiger partial charge in [0.1, 0.15) is 0 Å². The molecule has 25 heavy (non-hydrogen) atoms. The lowest BCUT2D eigenvalue weighted by Gasteiger charge is -2.08. The fourth-order valence-electron chi connectivity index (χ4n) is 2.46. The fourth-order valence-corrected chi connectivity index (χ4v) is 3.25. The van der Waals surface area contributed by atoms with Crippen molar-refractivity contribution in [2.24, 2.45) is 0 Å². The molecule has 0 radical (unpaired) electrons. The van der Waals surface area contributed by atoms with Crippen LogP contribution >= 0.6 is 11.3 Å². The van der Waals surface area contributed by atoms with E-state index in [1.54, 1.807) is 21.0 Å². The predicted octanol–water partition coefficient (Wildman–Crippen LogP) is 2.54. The summed E-state index contributed by atoms with van der Waals surface area (Å²) in [5.74, 6) is -0.106. The number of aromatic amines is 1. The van der Waals surface area contributed by atoms with Crippen molar-refractivity contribution in [2.45, 2.75) is 20.3 Å². The lowest BCUT2D eigenvalue weighted by atomic mass is 10.1. The van der Waals surface area contributed by atoms with Crippen LogP contribution in [-0.2, 0) is 11.2 Å². The molecule has 0 fully saturated rings. The second-order valence-electron chi connectivity index (χ2n) is 6.20. The van der Waals surface area contributed by atoms with E-state index in [2.05, 4.69) is 10.1 Å². The van der Waals surface area contributed by atoms with Crippen LogP contribution < -0.4 is 5.56 Å². The van der Waals surface area contributed by atoms with Crippen molar-refractivity contribution in [3.8, 4) is 16.4 Å². The molecule has 6 nitrogen and oxygen atoms in total. The molecule has 0 spiro atoms. The molecule has 2 heterocycles. The van der Waals surface area contributed by atoms with Gasteiger partial charge in [-0.15, -0.1) is 11.3 Å². The molecular weight excluding hydrogens is 336 g/mol. The Kier molecular flexibility index (Phi) is 4.59. The third-order valence-electron chi connectivity index (χ3n) is 4.05. The molecule has 0 bridgehead atoms. The van der Waals surface area contributed by atoms with E-state index in [1.807, 2.05) is 36.6 Å². The van der Waals surface area contributed by atoms with E-state index in [4.69, 9.17) is 0 Å². The highest BCUT2D eigenvalue weighted by Gasteiger charge is 2.18. The van der Waals surface area contributed by atoms with Crippen molar-refractivity contribution in [1.82, 2.24) is 19.7 Å². The van der Waals surface area contributed by atoms with Crippen LogP contribution in [0.1, 0.15) is 16.8 Å². The van der Waals surface area contributed by atoms with Gasteiger partial charge in [0.05, 0.1) is 12.1 Å². The Balaban J connectivity index is 1.94. The Morgan fingerprint density at radius 3 is 2.56 bits per heavy atom. The number of hydrogen-bond acceptors (Lipinski definition) is 4. The smallest absolute Gasteiger partial charge is 0.277 e. The molecule has 0 unspecified atom stereocenters. The Morgan fingerprint density at radius 2 is 1.92 bits per heavy atom.